The molecule has 0 bridgehead atoms. The highest BCUT2D eigenvalue weighted by atomic mass is 35.5. The number of halogens is 1. The van der Waals surface area contributed by atoms with Crippen molar-refractivity contribution < 1.29 is 0 Å². The van der Waals surface area contributed by atoms with Gasteiger partial charge in [-0.05, 0) is 64.2 Å². The standard InChI is InChI=1S/C23H28ClN5/c1-16-13-19(24)14-17(2)22(16)27-21-15-20(18-9-6-5-7-10-18)26-23(28-21)25-11-8-12-29(3)4/h5-7,9-10,13-15H,8,11-12H2,1-4H3,(H2,25,26,27,28). The number of aryl methyl sites for hydroxylation is 2. The van der Waals surface area contributed by atoms with Gasteiger partial charge >= 0.3 is 0 Å². The Balaban J connectivity index is 1.90. The van der Waals surface area contributed by atoms with Gasteiger partial charge in [-0.2, -0.15) is 4.98 Å². The molecule has 3 aromatic rings. The summed E-state index contributed by atoms with van der Waals surface area (Å²) in [6, 6.07) is 16.0. The van der Waals surface area contributed by atoms with Gasteiger partial charge in [0.1, 0.15) is 5.82 Å². The minimum absolute atomic E-state index is 0.622. The summed E-state index contributed by atoms with van der Waals surface area (Å²) >= 11 is 6.18. The number of aromatic nitrogens is 2. The molecule has 2 N–H and O–H groups in total. The fourth-order valence-corrected chi connectivity index (χ4v) is 3.51. The summed E-state index contributed by atoms with van der Waals surface area (Å²) < 4.78 is 0. The molecule has 2 aromatic carbocycles. The maximum absolute atomic E-state index is 6.18. The number of anilines is 3. The van der Waals surface area contributed by atoms with Crippen LogP contribution in [0.2, 0.25) is 5.02 Å². The van der Waals surface area contributed by atoms with Crippen LogP contribution >= 0.6 is 11.6 Å². The normalized spacial score (nSPS) is 11.0. The summed E-state index contributed by atoms with van der Waals surface area (Å²) in [6.45, 7) is 5.91. The van der Waals surface area contributed by atoms with Crippen LogP contribution in [-0.4, -0.2) is 42.1 Å². The second-order valence-corrected chi connectivity index (χ2v) is 7.89. The second-order valence-electron chi connectivity index (χ2n) is 7.45. The van der Waals surface area contributed by atoms with Crippen molar-refractivity contribution in [2.45, 2.75) is 20.3 Å². The van der Waals surface area contributed by atoms with Crippen molar-refractivity contribution in [3.63, 3.8) is 0 Å². The quantitative estimate of drug-likeness (QED) is 0.479. The predicted octanol–water partition coefficient (Wildman–Crippen LogP) is 5.52. The topological polar surface area (TPSA) is 53.1 Å². The molecule has 0 atom stereocenters. The highest BCUT2D eigenvalue weighted by Crippen LogP contribution is 2.29. The van der Waals surface area contributed by atoms with Crippen LogP contribution in [0.1, 0.15) is 17.5 Å². The maximum Gasteiger partial charge on any atom is 0.225 e. The fourth-order valence-electron chi connectivity index (χ4n) is 3.18. The van der Waals surface area contributed by atoms with Crippen LogP contribution in [0.3, 0.4) is 0 Å². The van der Waals surface area contributed by atoms with Crippen molar-refractivity contribution in [3.8, 4) is 11.3 Å². The zero-order chi connectivity index (χ0) is 20.8. The van der Waals surface area contributed by atoms with Crippen LogP contribution in [0.15, 0.2) is 48.5 Å². The molecule has 0 aliphatic heterocycles. The zero-order valence-electron chi connectivity index (χ0n) is 17.5. The molecule has 0 saturated carbocycles. The van der Waals surface area contributed by atoms with Gasteiger partial charge in [0.2, 0.25) is 5.95 Å². The van der Waals surface area contributed by atoms with Crippen molar-refractivity contribution in [3.05, 3.63) is 64.7 Å². The van der Waals surface area contributed by atoms with Gasteiger partial charge in [-0.15, -0.1) is 0 Å². The van der Waals surface area contributed by atoms with Crippen molar-refractivity contribution in [2.24, 2.45) is 0 Å². The third-order valence-electron chi connectivity index (χ3n) is 4.61. The van der Waals surface area contributed by atoms with Gasteiger partial charge in [-0.1, -0.05) is 41.9 Å². The van der Waals surface area contributed by atoms with E-state index in [1.54, 1.807) is 0 Å². The minimum atomic E-state index is 0.622. The Labute approximate surface area is 178 Å². The number of hydrogen-bond acceptors (Lipinski definition) is 5. The zero-order valence-corrected chi connectivity index (χ0v) is 18.2. The molecule has 152 valence electrons. The molecule has 0 aliphatic carbocycles. The molecule has 5 nitrogen and oxygen atoms in total. The van der Waals surface area contributed by atoms with Crippen LogP contribution < -0.4 is 10.6 Å². The van der Waals surface area contributed by atoms with E-state index in [0.29, 0.717) is 5.95 Å². The molecule has 0 unspecified atom stereocenters. The van der Waals surface area contributed by atoms with E-state index >= 15 is 0 Å². The molecule has 3 rings (SSSR count). The maximum atomic E-state index is 6.18. The lowest BCUT2D eigenvalue weighted by atomic mass is 10.1. The Hall–Kier alpha value is -2.63. The number of benzene rings is 2. The number of rotatable bonds is 8. The van der Waals surface area contributed by atoms with E-state index in [1.165, 1.54) is 0 Å². The summed E-state index contributed by atoms with van der Waals surface area (Å²) in [5, 5.41) is 7.57. The summed E-state index contributed by atoms with van der Waals surface area (Å²) in [7, 11) is 4.15. The second kappa shape index (κ2) is 9.72. The van der Waals surface area contributed by atoms with Gasteiger partial charge in [0.25, 0.3) is 0 Å². The monoisotopic (exact) mass is 409 g/mol. The van der Waals surface area contributed by atoms with Crippen LogP contribution in [0, 0.1) is 13.8 Å². The van der Waals surface area contributed by atoms with Crippen molar-refractivity contribution in [1.29, 1.82) is 0 Å². The molecule has 0 saturated heterocycles. The molecular weight excluding hydrogens is 382 g/mol. The van der Waals surface area contributed by atoms with Crippen molar-refractivity contribution in [1.82, 2.24) is 14.9 Å². The van der Waals surface area contributed by atoms with Crippen molar-refractivity contribution in [2.75, 3.05) is 37.8 Å². The smallest absolute Gasteiger partial charge is 0.225 e. The first-order chi connectivity index (χ1) is 13.9. The average Bonchev–Trinajstić information content (AvgIpc) is 2.68. The number of hydrogen-bond donors (Lipinski definition) is 2. The molecule has 1 aromatic heterocycles. The molecule has 6 heteroatoms. The minimum Gasteiger partial charge on any atom is -0.354 e. The van der Waals surface area contributed by atoms with Crippen LogP contribution in [-0.2, 0) is 0 Å². The van der Waals surface area contributed by atoms with Gasteiger partial charge in [0.15, 0.2) is 0 Å². The van der Waals surface area contributed by atoms with E-state index in [1.807, 2.05) is 50.2 Å². The Morgan fingerprint density at radius 1 is 0.966 bits per heavy atom. The molecule has 0 aliphatic rings. The van der Waals surface area contributed by atoms with Gasteiger partial charge in [0.05, 0.1) is 5.69 Å². The van der Waals surface area contributed by atoms with E-state index in [0.717, 1.165) is 58.4 Å². The molecule has 0 amide bonds. The van der Waals surface area contributed by atoms with E-state index in [2.05, 4.69) is 41.8 Å². The molecule has 0 fully saturated rings. The third-order valence-corrected chi connectivity index (χ3v) is 4.83. The number of nitrogens with one attached hydrogen (secondary N) is 2. The Morgan fingerprint density at radius 3 is 2.31 bits per heavy atom. The average molecular weight is 410 g/mol. The molecular formula is C23H28ClN5. The first-order valence-electron chi connectivity index (χ1n) is 9.79. The summed E-state index contributed by atoms with van der Waals surface area (Å²) in [4.78, 5) is 11.6. The van der Waals surface area contributed by atoms with Gasteiger partial charge in [-0.25, -0.2) is 4.98 Å². The largest absolute Gasteiger partial charge is 0.354 e. The summed E-state index contributed by atoms with van der Waals surface area (Å²) in [5.74, 6) is 1.37. The van der Waals surface area contributed by atoms with Crippen LogP contribution in [0.25, 0.3) is 11.3 Å². The molecule has 29 heavy (non-hydrogen) atoms. The van der Waals surface area contributed by atoms with Crippen LogP contribution in [0.4, 0.5) is 17.5 Å². The van der Waals surface area contributed by atoms with Gasteiger partial charge in [-0.3, -0.25) is 0 Å². The highest BCUT2D eigenvalue weighted by molar-refractivity contribution is 6.30. The summed E-state index contributed by atoms with van der Waals surface area (Å²) in [5.41, 5.74) is 5.11. The lowest BCUT2D eigenvalue weighted by molar-refractivity contribution is 0.405. The molecule has 0 radical (unpaired) electrons. The first-order valence-corrected chi connectivity index (χ1v) is 10.2. The summed E-state index contributed by atoms with van der Waals surface area (Å²) in [6.07, 6.45) is 1.02. The highest BCUT2D eigenvalue weighted by Gasteiger charge is 2.10. The Kier molecular flexibility index (Phi) is 7.07. The molecule has 0 spiro atoms. The lowest BCUT2D eigenvalue weighted by Gasteiger charge is -2.15. The fraction of sp³-hybridized carbons (Fsp3) is 0.304. The van der Waals surface area contributed by atoms with E-state index in [4.69, 9.17) is 21.6 Å². The SMILES string of the molecule is Cc1cc(Cl)cc(C)c1Nc1cc(-c2ccccc2)nc(NCCCN(C)C)n1. The van der Waals surface area contributed by atoms with Crippen molar-refractivity contribution >= 4 is 29.1 Å². The lowest BCUT2D eigenvalue weighted by Crippen LogP contribution is -2.17. The number of nitrogens with zero attached hydrogens (tertiary/aromatic N) is 3. The van der Waals surface area contributed by atoms with Gasteiger partial charge in [0, 0.05) is 28.9 Å². The molecule has 1 heterocycles. The van der Waals surface area contributed by atoms with E-state index in [-0.39, 0.29) is 0 Å². The Morgan fingerprint density at radius 2 is 1.66 bits per heavy atom. The first kappa shape index (κ1) is 21.1. The third kappa shape index (κ3) is 5.92. The van der Waals surface area contributed by atoms with Gasteiger partial charge < -0.3 is 15.5 Å². The predicted molar refractivity (Wildman–Crippen MR) is 123 cm³/mol. The Bertz CT molecular complexity index is 934. The van der Waals surface area contributed by atoms with E-state index < -0.39 is 0 Å². The van der Waals surface area contributed by atoms with E-state index in [9.17, 15) is 0 Å². The van der Waals surface area contributed by atoms with Crippen LogP contribution in [0.5, 0.6) is 0 Å².